The molecule has 1 aliphatic heterocycles. The van der Waals surface area contributed by atoms with Crippen LogP contribution in [0.2, 0.25) is 0 Å². The van der Waals surface area contributed by atoms with Crippen LogP contribution in [0.1, 0.15) is 46.8 Å². The Morgan fingerprint density at radius 3 is 2.88 bits per heavy atom. The molecule has 3 heterocycles. The maximum Gasteiger partial charge on any atom is 0.276 e. The Morgan fingerprint density at radius 2 is 2.19 bits per heavy atom. The van der Waals surface area contributed by atoms with Crippen LogP contribution in [0.15, 0.2) is 15.4 Å². The molecule has 4 rings (SSSR count). The lowest BCUT2D eigenvalue weighted by Crippen LogP contribution is -2.48. The third-order valence-electron chi connectivity index (χ3n) is 5.49. The number of aryl methyl sites for hydroxylation is 1. The molecule has 2 aromatic heterocycles. The van der Waals surface area contributed by atoms with Gasteiger partial charge in [0.25, 0.3) is 11.5 Å². The molecule has 26 heavy (non-hydrogen) atoms. The number of likely N-dealkylation sites (tertiary alicyclic amines) is 1. The molecule has 0 aromatic carbocycles. The van der Waals surface area contributed by atoms with Gasteiger partial charge in [-0.2, -0.15) is 0 Å². The summed E-state index contributed by atoms with van der Waals surface area (Å²) in [6.45, 7) is 3.02. The molecular formula is C18H23N5O3. The minimum absolute atomic E-state index is 0.0637. The topological polar surface area (TPSA) is 95.3 Å². The molecule has 0 saturated carbocycles. The second-order valence-electron chi connectivity index (χ2n) is 7.54. The zero-order chi connectivity index (χ0) is 18.5. The van der Waals surface area contributed by atoms with Gasteiger partial charge in [-0.25, -0.2) is 4.98 Å². The van der Waals surface area contributed by atoms with E-state index >= 15 is 0 Å². The predicted molar refractivity (Wildman–Crippen MR) is 95.6 cm³/mol. The van der Waals surface area contributed by atoms with E-state index in [4.69, 9.17) is 9.51 Å². The van der Waals surface area contributed by atoms with Crippen LogP contribution >= 0.6 is 0 Å². The Hall–Kier alpha value is -2.64. The number of nitrogens with zero attached hydrogens (tertiary/aromatic N) is 4. The molecule has 0 radical (unpaired) electrons. The minimum atomic E-state index is -0.249. The van der Waals surface area contributed by atoms with Crippen molar-refractivity contribution in [2.24, 2.45) is 0 Å². The highest BCUT2D eigenvalue weighted by Crippen LogP contribution is 2.43. The number of carbonyl (C=O) groups excluding carboxylic acids is 1. The van der Waals surface area contributed by atoms with Gasteiger partial charge in [-0.3, -0.25) is 14.6 Å². The van der Waals surface area contributed by atoms with E-state index in [0.29, 0.717) is 36.9 Å². The van der Waals surface area contributed by atoms with Crippen molar-refractivity contribution >= 4 is 11.9 Å². The molecule has 1 aliphatic carbocycles. The maximum atomic E-state index is 12.8. The van der Waals surface area contributed by atoms with E-state index in [9.17, 15) is 9.59 Å². The molecule has 1 N–H and O–H groups in total. The largest absolute Gasteiger partial charge is 0.361 e. The molecule has 8 heteroatoms. The second kappa shape index (κ2) is 5.96. The van der Waals surface area contributed by atoms with Crippen LogP contribution in [-0.2, 0) is 11.8 Å². The molecule has 1 spiro atoms. The summed E-state index contributed by atoms with van der Waals surface area (Å²) >= 11 is 0. The molecule has 2 aliphatic rings. The summed E-state index contributed by atoms with van der Waals surface area (Å²) in [7, 11) is 3.71. The number of amides is 1. The van der Waals surface area contributed by atoms with E-state index in [-0.39, 0.29) is 16.9 Å². The summed E-state index contributed by atoms with van der Waals surface area (Å²) < 4.78 is 5.05. The van der Waals surface area contributed by atoms with Gasteiger partial charge in [-0.1, -0.05) is 5.16 Å². The molecule has 1 amide bonds. The van der Waals surface area contributed by atoms with Crippen LogP contribution in [0, 0.1) is 6.92 Å². The van der Waals surface area contributed by atoms with Crippen molar-refractivity contribution in [3.05, 3.63) is 39.1 Å². The Morgan fingerprint density at radius 1 is 1.38 bits per heavy atom. The lowest BCUT2D eigenvalue weighted by atomic mass is 9.77. The minimum Gasteiger partial charge on any atom is -0.361 e. The lowest BCUT2D eigenvalue weighted by Gasteiger charge is -2.40. The predicted octanol–water partition coefficient (Wildman–Crippen LogP) is 1.25. The van der Waals surface area contributed by atoms with Crippen LogP contribution in [0.5, 0.6) is 0 Å². The first-order valence-electron chi connectivity index (χ1n) is 8.93. The van der Waals surface area contributed by atoms with Crippen LogP contribution in [-0.4, -0.2) is 53.1 Å². The monoisotopic (exact) mass is 357 g/mol. The Balaban J connectivity index is 1.69. The number of hydrogen-bond acceptors (Lipinski definition) is 6. The van der Waals surface area contributed by atoms with Gasteiger partial charge < -0.3 is 14.3 Å². The Labute approximate surface area is 151 Å². The van der Waals surface area contributed by atoms with E-state index in [1.165, 1.54) is 0 Å². The third-order valence-corrected chi connectivity index (χ3v) is 5.49. The maximum absolute atomic E-state index is 12.8. The summed E-state index contributed by atoms with van der Waals surface area (Å²) in [5, 5.41) is 3.86. The van der Waals surface area contributed by atoms with Crippen LogP contribution in [0.25, 0.3) is 0 Å². The number of carbonyl (C=O) groups is 1. The van der Waals surface area contributed by atoms with Gasteiger partial charge in [-0.05, 0) is 32.6 Å². The lowest BCUT2D eigenvalue weighted by molar-refractivity contribution is 0.0623. The van der Waals surface area contributed by atoms with Crippen LogP contribution in [0.4, 0.5) is 5.95 Å². The third kappa shape index (κ3) is 2.60. The van der Waals surface area contributed by atoms with Crippen molar-refractivity contribution in [2.75, 3.05) is 32.1 Å². The van der Waals surface area contributed by atoms with Gasteiger partial charge in [0.15, 0.2) is 5.69 Å². The van der Waals surface area contributed by atoms with E-state index in [1.54, 1.807) is 17.9 Å². The highest BCUT2D eigenvalue weighted by atomic mass is 16.5. The van der Waals surface area contributed by atoms with Crippen molar-refractivity contribution in [1.82, 2.24) is 20.0 Å². The number of aromatic nitrogens is 3. The van der Waals surface area contributed by atoms with Gasteiger partial charge >= 0.3 is 0 Å². The van der Waals surface area contributed by atoms with E-state index < -0.39 is 0 Å². The number of H-pyrrole nitrogens is 1. The highest BCUT2D eigenvalue weighted by molar-refractivity contribution is 5.92. The molecule has 1 unspecified atom stereocenters. The Kier molecular flexibility index (Phi) is 3.86. The zero-order valence-corrected chi connectivity index (χ0v) is 15.3. The zero-order valence-electron chi connectivity index (χ0n) is 15.3. The first-order valence-corrected chi connectivity index (χ1v) is 8.93. The normalized spacial score (nSPS) is 21.9. The number of hydrogen-bond donors (Lipinski definition) is 1. The number of anilines is 1. The van der Waals surface area contributed by atoms with Gasteiger partial charge in [0.05, 0.1) is 5.69 Å². The number of piperidine rings is 1. The number of rotatable bonds is 2. The summed E-state index contributed by atoms with van der Waals surface area (Å²) in [6, 6.07) is 1.67. The van der Waals surface area contributed by atoms with Crippen LogP contribution < -0.4 is 10.5 Å². The van der Waals surface area contributed by atoms with Crippen molar-refractivity contribution in [3.8, 4) is 0 Å². The van der Waals surface area contributed by atoms with E-state index in [0.717, 1.165) is 30.5 Å². The van der Waals surface area contributed by atoms with Gasteiger partial charge in [-0.15, -0.1) is 0 Å². The molecular weight excluding hydrogens is 334 g/mol. The summed E-state index contributed by atoms with van der Waals surface area (Å²) in [4.78, 5) is 36.5. The van der Waals surface area contributed by atoms with E-state index in [1.807, 2.05) is 19.0 Å². The average molecular weight is 357 g/mol. The first kappa shape index (κ1) is 16.8. The Bertz CT molecular complexity index is 916. The fourth-order valence-corrected chi connectivity index (χ4v) is 4.18. The molecule has 2 aromatic rings. The first-order chi connectivity index (χ1) is 12.4. The van der Waals surface area contributed by atoms with Crippen molar-refractivity contribution in [3.63, 3.8) is 0 Å². The standard InChI is InChI=1S/C18H23N5O3/c1-11-9-13(21-26-11)16(25)23-8-4-6-18(10-23)7-5-12-14(18)19-17(22(2)3)20-15(12)24/h9H,4-8,10H2,1-3H3,(H,19,20,24). The average Bonchev–Trinajstić information content (AvgIpc) is 3.19. The van der Waals surface area contributed by atoms with Crippen molar-refractivity contribution in [2.45, 2.75) is 38.0 Å². The SMILES string of the molecule is Cc1cc(C(=O)N2CCCC3(CCc4c3nc(N(C)C)[nH]c4=O)C2)no1. The summed E-state index contributed by atoms with van der Waals surface area (Å²) in [6.07, 6.45) is 3.37. The highest BCUT2D eigenvalue weighted by Gasteiger charge is 2.46. The fourth-order valence-electron chi connectivity index (χ4n) is 4.18. The summed E-state index contributed by atoms with van der Waals surface area (Å²) in [5.41, 5.74) is 1.65. The molecule has 1 fully saturated rings. The second-order valence-corrected chi connectivity index (χ2v) is 7.54. The smallest absolute Gasteiger partial charge is 0.276 e. The molecule has 138 valence electrons. The number of nitrogens with one attached hydrogen (secondary N) is 1. The number of fused-ring (bicyclic) bond motifs is 2. The number of aromatic amines is 1. The molecule has 1 saturated heterocycles. The van der Waals surface area contributed by atoms with Crippen molar-refractivity contribution in [1.29, 1.82) is 0 Å². The summed E-state index contributed by atoms with van der Waals surface area (Å²) in [5.74, 6) is 1.06. The van der Waals surface area contributed by atoms with Gasteiger partial charge in [0.1, 0.15) is 5.76 Å². The van der Waals surface area contributed by atoms with Gasteiger partial charge in [0, 0.05) is 44.2 Å². The van der Waals surface area contributed by atoms with Crippen LogP contribution in [0.3, 0.4) is 0 Å². The quantitative estimate of drug-likeness (QED) is 0.869. The van der Waals surface area contributed by atoms with Gasteiger partial charge in [0.2, 0.25) is 5.95 Å². The fraction of sp³-hybridized carbons (Fsp3) is 0.556. The molecule has 0 bridgehead atoms. The van der Waals surface area contributed by atoms with Crippen molar-refractivity contribution < 1.29 is 9.32 Å². The van der Waals surface area contributed by atoms with E-state index in [2.05, 4.69) is 10.1 Å². The molecule has 1 atom stereocenters. The molecule has 8 nitrogen and oxygen atoms in total.